The molecule has 0 saturated heterocycles. The lowest BCUT2D eigenvalue weighted by Gasteiger charge is -2.18. The Bertz CT molecular complexity index is 1290. The van der Waals surface area contributed by atoms with Crippen molar-refractivity contribution in [2.75, 3.05) is 0 Å². The maximum absolute atomic E-state index is 6.55. The van der Waals surface area contributed by atoms with Crippen LogP contribution in [0.4, 0.5) is 0 Å². The van der Waals surface area contributed by atoms with Crippen molar-refractivity contribution in [1.82, 2.24) is 4.98 Å². The molecule has 0 saturated carbocycles. The predicted molar refractivity (Wildman–Crippen MR) is 124 cm³/mol. The van der Waals surface area contributed by atoms with Crippen molar-refractivity contribution in [2.45, 2.75) is 6.92 Å². The average Bonchev–Trinajstić information content (AvgIpc) is 2.81. The van der Waals surface area contributed by atoms with Crippen molar-refractivity contribution in [3.05, 3.63) is 115 Å². The summed E-state index contributed by atoms with van der Waals surface area (Å²) in [7, 11) is 0. The highest BCUT2D eigenvalue weighted by atomic mass is 16.5. The number of pyridine rings is 1. The Morgan fingerprint density at radius 2 is 1.20 bits per heavy atom. The fourth-order valence-corrected chi connectivity index (χ4v) is 3.70. The van der Waals surface area contributed by atoms with Gasteiger partial charge in [0.2, 0.25) is 0 Å². The summed E-state index contributed by atoms with van der Waals surface area (Å²) >= 11 is 0. The first-order valence-electron chi connectivity index (χ1n) is 10.1. The second-order valence-corrected chi connectivity index (χ2v) is 7.33. The van der Waals surface area contributed by atoms with Gasteiger partial charge in [-0.1, -0.05) is 96.6 Å². The summed E-state index contributed by atoms with van der Waals surface area (Å²) in [6.07, 6.45) is 0. The Morgan fingerprint density at radius 1 is 0.600 bits per heavy atom. The average molecular weight is 387 g/mol. The summed E-state index contributed by atoms with van der Waals surface area (Å²) in [4.78, 5) is 5.02. The molecule has 5 aromatic rings. The predicted octanol–water partition coefficient (Wildman–Crippen LogP) is 7.67. The molecule has 0 bridgehead atoms. The molecule has 30 heavy (non-hydrogen) atoms. The molecule has 0 amide bonds. The van der Waals surface area contributed by atoms with Crippen LogP contribution >= 0.6 is 0 Å². The van der Waals surface area contributed by atoms with E-state index >= 15 is 0 Å². The Hall–Kier alpha value is -3.91. The van der Waals surface area contributed by atoms with E-state index in [1.54, 1.807) is 0 Å². The second-order valence-electron chi connectivity index (χ2n) is 7.33. The lowest BCUT2D eigenvalue weighted by Crippen LogP contribution is -1.97. The molecule has 4 aromatic carbocycles. The minimum atomic E-state index is 0.773. The van der Waals surface area contributed by atoms with E-state index in [9.17, 15) is 0 Å². The van der Waals surface area contributed by atoms with Crippen LogP contribution in [0.15, 0.2) is 109 Å². The van der Waals surface area contributed by atoms with E-state index in [1.165, 1.54) is 5.56 Å². The summed E-state index contributed by atoms with van der Waals surface area (Å²) < 4.78 is 6.55. The van der Waals surface area contributed by atoms with Gasteiger partial charge in [-0.3, -0.25) is 0 Å². The molecule has 0 spiro atoms. The van der Waals surface area contributed by atoms with Crippen molar-refractivity contribution in [3.8, 4) is 33.9 Å². The zero-order valence-corrected chi connectivity index (χ0v) is 16.7. The van der Waals surface area contributed by atoms with Crippen LogP contribution in [-0.2, 0) is 0 Å². The van der Waals surface area contributed by atoms with Gasteiger partial charge in [-0.25, -0.2) is 4.98 Å². The van der Waals surface area contributed by atoms with Crippen LogP contribution in [0.25, 0.3) is 33.3 Å². The van der Waals surface area contributed by atoms with Gasteiger partial charge in [0.15, 0.2) is 5.75 Å². The van der Waals surface area contributed by atoms with Crippen LogP contribution in [0.2, 0.25) is 0 Å². The van der Waals surface area contributed by atoms with Gasteiger partial charge in [-0.15, -0.1) is 0 Å². The van der Waals surface area contributed by atoms with Gasteiger partial charge in [0.25, 0.3) is 0 Å². The van der Waals surface area contributed by atoms with Gasteiger partial charge in [0, 0.05) is 16.5 Å². The number of para-hydroxylation sites is 1. The molecule has 0 aliphatic rings. The monoisotopic (exact) mass is 387 g/mol. The highest BCUT2D eigenvalue weighted by molar-refractivity contribution is 6.01. The van der Waals surface area contributed by atoms with Crippen molar-refractivity contribution in [1.29, 1.82) is 0 Å². The van der Waals surface area contributed by atoms with Gasteiger partial charge in [-0.05, 0) is 30.7 Å². The number of rotatable bonds is 4. The van der Waals surface area contributed by atoms with Crippen molar-refractivity contribution >= 4 is 10.9 Å². The molecule has 0 radical (unpaired) electrons. The van der Waals surface area contributed by atoms with Crippen LogP contribution in [0, 0.1) is 6.92 Å². The van der Waals surface area contributed by atoms with Gasteiger partial charge >= 0.3 is 0 Å². The molecule has 2 nitrogen and oxygen atoms in total. The fourth-order valence-electron chi connectivity index (χ4n) is 3.70. The molecule has 0 aliphatic carbocycles. The molecular formula is C28H21NO. The molecule has 5 rings (SSSR count). The van der Waals surface area contributed by atoms with Gasteiger partial charge < -0.3 is 4.74 Å². The molecule has 0 aliphatic heterocycles. The molecular weight excluding hydrogens is 366 g/mol. The SMILES string of the molecule is Cc1ccc(Oc2c(-c3ccccc3)nc3ccccc3c2-c2ccccc2)cc1. The standard InChI is InChI=1S/C28H21NO/c1-20-16-18-23(19-17-20)30-28-26(21-10-4-2-5-11-21)24-14-8-9-15-25(24)29-27(28)22-12-6-3-7-13-22/h2-19H,1H3. The number of hydrogen-bond acceptors (Lipinski definition) is 2. The summed E-state index contributed by atoms with van der Waals surface area (Å²) in [6, 6.07) is 37.0. The lowest BCUT2D eigenvalue weighted by molar-refractivity contribution is 0.485. The van der Waals surface area contributed by atoms with E-state index in [-0.39, 0.29) is 0 Å². The summed E-state index contributed by atoms with van der Waals surface area (Å²) in [5.41, 5.74) is 6.18. The lowest BCUT2D eigenvalue weighted by atomic mass is 9.96. The zero-order chi connectivity index (χ0) is 20.3. The molecule has 2 heteroatoms. The van der Waals surface area contributed by atoms with E-state index in [2.05, 4.69) is 67.6 Å². The van der Waals surface area contributed by atoms with E-state index < -0.39 is 0 Å². The number of hydrogen-bond donors (Lipinski definition) is 0. The van der Waals surface area contributed by atoms with Crippen LogP contribution in [0.3, 0.4) is 0 Å². The third kappa shape index (κ3) is 3.44. The Labute approximate surface area is 176 Å². The molecule has 0 unspecified atom stereocenters. The highest BCUT2D eigenvalue weighted by Crippen LogP contribution is 2.44. The first kappa shape index (κ1) is 18.1. The molecule has 0 atom stereocenters. The number of ether oxygens (including phenoxy) is 1. The maximum atomic E-state index is 6.55. The Morgan fingerprint density at radius 3 is 1.90 bits per heavy atom. The Balaban J connectivity index is 1.84. The van der Waals surface area contributed by atoms with Crippen LogP contribution < -0.4 is 4.74 Å². The van der Waals surface area contributed by atoms with Gasteiger partial charge in [-0.2, -0.15) is 0 Å². The maximum Gasteiger partial charge on any atom is 0.162 e. The van der Waals surface area contributed by atoms with E-state index in [0.29, 0.717) is 0 Å². The molecule has 0 N–H and O–H groups in total. The summed E-state index contributed by atoms with van der Waals surface area (Å²) in [5.74, 6) is 1.57. The normalized spacial score (nSPS) is 10.8. The molecule has 144 valence electrons. The number of benzene rings is 4. The zero-order valence-electron chi connectivity index (χ0n) is 16.7. The fraction of sp³-hybridized carbons (Fsp3) is 0.0357. The van der Waals surface area contributed by atoms with Crippen LogP contribution in [0.5, 0.6) is 11.5 Å². The largest absolute Gasteiger partial charge is 0.454 e. The molecule has 0 fully saturated rings. The van der Waals surface area contributed by atoms with Crippen LogP contribution in [-0.4, -0.2) is 4.98 Å². The van der Waals surface area contributed by atoms with Crippen LogP contribution in [0.1, 0.15) is 5.56 Å². The van der Waals surface area contributed by atoms with E-state index in [0.717, 1.165) is 44.8 Å². The van der Waals surface area contributed by atoms with Gasteiger partial charge in [0.05, 0.1) is 5.52 Å². The van der Waals surface area contributed by atoms with Crippen molar-refractivity contribution in [2.24, 2.45) is 0 Å². The number of fused-ring (bicyclic) bond motifs is 1. The first-order chi connectivity index (χ1) is 14.8. The number of nitrogens with zero attached hydrogens (tertiary/aromatic N) is 1. The van der Waals surface area contributed by atoms with E-state index in [1.807, 2.05) is 48.5 Å². The third-order valence-electron chi connectivity index (χ3n) is 5.20. The minimum Gasteiger partial charge on any atom is -0.454 e. The molecule has 1 heterocycles. The minimum absolute atomic E-state index is 0.773. The van der Waals surface area contributed by atoms with E-state index in [4.69, 9.17) is 9.72 Å². The van der Waals surface area contributed by atoms with Crippen molar-refractivity contribution in [3.63, 3.8) is 0 Å². The van der Waals surface area contributed by atoms with Crippen molar-refractivity contribution < 1.29 is 4.74 Å². The molecule has 1 aromatic heterocycles. The Kier molecular flexibility index (Phi) is 4.74. The summed E-state index contributed by atoms with van der Waals surface area (Å²) in [5, 5.41) is 1.07. The number of aromatic nitrogens is 1. The smallest absolute Gasteiger partial charge is 0.162 e. The highest BCUT2D eigenvalue weighted by Gasteiger charge is 2.20. The second kappa shape index (κ2) is 7.84. The quantitative estimate of drug-likeness (QED) is 0.316. The van der Waals surface area contributed by atoms with Gasteiger partial charge in [0.1, 0.15) is 11.4 Å². The topological polar surface area (TPSA) is 22.1 Å². The number of aryl methyl sites for hydroxylation is 1. The first-order valence-corrected chi connectivity index (χ1v) is 10.1. The summed E-state index contributed by atoms with van der Waals surface area (Å²) in [6.45, 7) is 2.08. The third-order valence-corrected chi connectivity index (χ3v) is 5.20.